The zero-order valence-electron chi connectivity index (χ0n) is 17.4. The van der Waals surface area contributed by atoms with Gasteiger partial charge in [-0.2, -0.15) is 0 Å². The van der Waals surface area contributed by atoms with E-state index < -0.39 is 0 Å². The molecule has 1 N–H and O–H groups in total. The van der Waals surface area contributed by atoms with E-state index in [1.54, 1.807) is 0 Å². The molecule has 0 amide bonds. The van der Waals surface area contributed by atoms with Crippen LogP contribution in [0.15, 0.2) is 47.6 Å². The average molecular weight is 510 g/mol. The smallest absolute Gasteiger partial charge is 0.219 e. The van der Waals surface area contributed by atoms with Crippen LogP contribution in [0.3, 0.4) is 0 Å². The third-order valence-corrected chi connectivity index (χ3v) is 4.78. The molecule has 1 aromatic heterocycles. The second-order valence-electron chi connectivity index (χ2n) is 7.08. The maximum Gasteiger partial charge on any atom is 0.219 e. The van der Waals surface area contributed by atoms with Crippen LogP contribution in [0.2, 0.25) is 0 Å². The van der Waals surface area contributed by atoms with Crippen molar-refractivity contribution < 1.29 is 9.47 Å². The molecular formula is C22H31IN4O2. The van der Waals surface area contributed by atoms with Crippen LogP contribution in [0, 0.1) is 5.92 Å². The van der Waals surface area contributed by atoms with Crippen LogP contribution in [0.5, 0.6) is 17.4 Å². The summed E-state index contributed by atoms with van der Waals surface area (Å²) in [5, 5.41) is 3.45. The van der Waals surface area contributed by atoms with Crippen LogP contribution in [-0.2, 0) is 6.54 Å². The first kappa shape index (κ1) is 23.3. The topological polar surface area (TPSA) is 59.0 Å². The lowest BCUT2D eigenvalue weighted by Crippen LogP contribution is -2.45. The number of likely N-dealkylation sites (tertiary alicyclic amines) is 1. The number of benzene rings is 1. The molecular weight excluding hydrogens is 479 g/mol. The highest BCUT2D eigenvalue weighted by molar-refractivity contribution is 14.0. The van der Waals surface area contributed by atoms with Crippen molar-refractivity contribution in [1.29, 1.82) is 0 Å². The SMILES string of the molecule is CCOc1ccccc1Oc1ccc(CNC(=NC)N2CCCC(C)C2)cn1.I. The zero-order chi connectivity index (χ0) is 19.8. The van der Waals surface area contributed by atoms with Crippen LogP contribution in [0.25, 0.3) is 0 Å². The Hall–Kier alpha value is -2.03. The number of nitrogens with zero attached hydrogens (tertiary/aromatic N) is 3. The van der Waals surface area contributed by atoms with Crippen LogP contribution in [0.1, 0.15) is 32.3 Å². The second kappa shape index (κ2) is 11.8. The highest BCUT2D eigenvalue weighted by Gasteiger charge is 2.19. The van der Waals surface area contributed by atoms with E-state index in [4.69, 9.17) is 9.47 Å². The number of pyridine rings is 1. The molecule has 0 bridgehead atoms. The molecule has 7 heteroatoms. The Morgan fingerprint density at radius 1 is 1.24 bits per heavy atom. The van der Waals surface area contributed by atoms with Crippen molar-refractivity contribution in [3.8, 4) is 17.4 Å². The van der Waals surface area contributed by atoms with Gasteiger partial charge in [0.25, 0.3) is 0 Å². The molecule has 1 aromatic carbocycles. The minimum atomic E-state index is 0. The first-order chi connectivity index (χ1) is 13.7. The van der Waals surface area contributed by atoms with E-state index >= 15 is 0 Å². The van der Waals surface area contributed by atoms with Crippen molar-refractivity contribution in [2.45, 2.75) is 33.2 Å². The van der Waals surface area contributed by atoms with Gasteiger partial charge < -0.3 is 19.7 Å². The lowest BCUT2D eigenvalue weighted by atomic mass is 10.0. The van der Waals surface area contributed by atoms with Gasteiger partial charge in [0.15, 0.2) is 17.5 Å². The fraction of sp³-hybridized carbons (Fsp3) is 0.455. The molecule has 0 spiro atoms. The van der Waals surface area contributed by atoms with Crippen molar-refractivity contribution in [3.05, 3.63) is 48.2 Å². The molecule has 1 fully saturated rings. The summed E-state index contributed by atoms with van der Waals surface area (Å²) in [7, 11) is 1.84. The first-order valence-electron chi connectivity index (χ1n) is 9.99. The van der Waals surface area contributed by atoms with E-state index in [1.807, 2.05) is 56.6 Å². The number of hydrogen-bond acceptors (Lipinski definition) is 4. The Bertz CT molecular complexity index is 783. The van der Waals surface area contributed by atoms with E-state index in [0.29, 0.717) is 30.7 Å². The van der Waals surface area contributed by atoms with E-state index in [0.717, 1.165) is 30.4 Å². The summed E-state index contributed by atoms with van der Waals surface area (Å²) in [6.07, 6.45) is 4.35. The molecule has 2 aromatic rings. The van der Waals surface area contributed by atoms with Crippen molar-refractivity contribution in [3.63, 3.8) is 0 Å². The molecule has 1 unspecified atom stereocenters. The summed E-state index contributed by atoms with van der Waals surface area (Å²) in [6.45, 7) is 7.65. The molecule has 1 aliphatic rings. The third-order valence-electron chi connectivity index (χ3n) is 4.78. The first-order valence-corrected chi connectivity index (χ1v) is 9.99. The number of piperidine rings is 1. The number of ether oxygens (including phenoxy) is 2. The summed E-state index contributed by atoms with van der Waals surface area (Å²) < 4.78 is 11.5. The fourth-order valence-corrected chi connectivity index (χ4v) is 3.39. The van der Waals surface area contributed by atoms with Gasteiger partial charge in [-0.25, -0.2) is 4.98 Å². The maximum absolute atomic E-state index is 5.88. The number of halogens is 1. The Balaban J connectivity index is 0.00000300. The lowest BCUT2D eigenvalue weighted by Gasteiger charge is -2.33. The molecule has 6 nitrogen and oxygen atoms in total. The highest BCUT2D eigenvalue weighted by Crippen LogP contribution is 2.30. The van der Waals surface area contributed by atoms with Crippen molar-refractivity contribution >= 4 is 29.9 Å². The Morgan fingerprint density at radius 2 is 2.03 bits per heavy atom. The van der Waals surface area contributed by atoms with Gasteiger partial charge in [0, 0.05) is 38.9 Å². The second-order valence-corrected chi connectivity index (χ2v) is 7.08. The molecule has 0 aliphatic carbocycles. The average Bonchev–Trinajstić information content (AvgIpc) is 2.71. The lowest BCUT2D eigenvalue weighted by molar-refractivity contribution is 0.266. The standard InChI is InChI=1S/C22H30N4O2.HI/c1-4-27-19-9-5-6-10-20(19)28-21-12-11-18(14-24-21)15-25-22(23-3)26-13-7-8-17(2)16-26;/h5-6,9-12,14,17H,4,7-8,13,15-16H2,1-3H3,(H,23,25);1H. The molecule has 0 radical (unpaired) electrons. The molecule has 1 aliphatic heterocycles. The summed E-state index contributed by atoms with van der Waals surface area (Å²) in [6, 6.07) is 11.5. The maximum atomic E-state index is 5.88. The summed E-state index contributed by atoms with van der Waals surface area (Å²) in [4.78, 5) is 11.2. The monoisotopic (exact) mass is 510 g/mol. The summed E-state index contributed by atoms with van der Waals surface area (Å²) in [5.74, 6) is 3.60. The predicted molar refractivity (Wildman–Crippen MR) is 128 cm³/mol. The van der Waals surface area contributed by atoms with Gasteiger partial charge in [-0.1, -0.05) is 25.1 Å². The van der Waals surface area contributed by atoms with E-state index in [2.05, 4.69) is 27.1 Å². The minimum absolute atomic E-state index is 0. The van der Waals surface area contributed by atoms with Gasteiger partial charge in [-0.3, -0.25) is 4.99 Å². The fourth-order valence-electron chi connectivity index (χ4n) is 3.39. The van der Waals surface area contributed by atoms with Crippen LogP contribution >= 0.6 is 24.0 Å². The summed E-state index contributed by atoms with van der Waals surface area (Å²) in [5.41, 5.74) is 1.08. The van der Waals surface area contributed by atoms with Gasteiger partial charge in [-0.05, 0) is 43.4 Å². The molecule has 158 valence electrons. The highest BCUT2D eigenvalue weighted by atomic mass is 127. The van der Waals surface area contributed by atoms with Gasteiger partial charge in [0.1, 0.15) is 0 Å². The van der Waals surface area contributed by atoms with E-state index in [1.165, 1.54) is 12.8 Å². The van der Waals surface area contributed by atoms with Gasteiger partial charge in [-0.15, -0.1) is 24.0 Å². The molecule has 3 rings (SSSR count). The number of rotatable bonds is 6. The number of hydrogen-bond donors (Lipinski definition) is 1. The van der Waals surface area contributed by atoms with E-state index in [9.17, 15) is 0 Å². The molecule has 1 atom stereocenters. The summed E-state index contributed by atoms with van der Waals surface area (Å²) >= 11 is 0. The molecule has 1 saturated heterocycles. The Labute approximate surface area is 190 Å². The predicted octanol–water partition coefficient (Wildman–Crippen LogP) is 4.70. The third kappa shape index (κ3) is 6.76. The number of aromatic nitrogens is 1. The number of aliphatic imine (C=N–C) groups is 1. The minimum Gasteiger partial charge on any atom is -0.490 e. The number of nitrogens with one attached hydrogen (secondary N) is 1. The normalized spacial score (nSPS) is 16.7. The molecule has 29 heavy (non-hydrogen) atoms. The van der Waals surface area contributed by atoms with Crippen LogP contribution in [-0.4, -0.2) is 42.6 Å². The quantitative estimate of drug-likeness (QED) is 0.347. The van der Waals surface area contributed by atoms with Gasteiger partial charge in [0.05, 0.1) is 6.61 Å². The van der Waals surface area contributed by atoms with Crippen molar-refractivity contribution in [2.75, 3.05) is 26.7 Å². The van der Waals surface area contributed by atoms with Crippen LogP contribution in [0.4, 0.5) is 0 Å². The van der Waals surface area contributed by atoms with Crippen LogP contribution < -0.4 is 14.8 Å². The number of guanidine groups is 1. The van der Waals surface area contributed by atoms with Crippen molar-refractivity contribution in [1.82, 2.24) is 15.2 Å². The van der Waals surface area contributed by atoms with E-state index in [-0.39, 0.29) is 24.0 Å². The molecule has 0 saturated carbocycles. The largest absolute Gasteiger partial charge is 0.490 e. The van der Waals surface area contributed by atoms with Gasteiger partial charge >= 0.3 is 0 Å². The number of para-hydroxylation sites is 2. The molecule has 2 heterocycles. The zero-order valence-corrected chi connectivity index (χ0v) is 19.8. The van der Waals surface area contributed by atoms with Gasteiger partial charge in [0.2, 0.25) is 5.88 Å². The Morgan fingerprint density at radius 3 is 2.69 bits per heavy atom. The Kier molecular flexibility index (Phi) is 9.50. The van der Waals surface area contributed by atoms with Crippen molar-refractivity contribution in [2.24, 2.45) is 10.9 Å².